The van der Waals surface area contributed by atoms with E-state index in [1.165, 1.54) is 25.2 Å². The molecule has 15 atom stereocenters. The Bertz CT molecular complexity index is 1940. The smallest absolute Gasteiger partial charge is 0.316 e. The number of carbonyl (C=O) groups excluding carboxylic acids is 3. The number of nitrogens with zero attached hydrogens (tertiary/aromatic N) is 4. The zero-order valence-corrected chi connectivity index (χ0v) is 38.1. The number of aromatic nitrogens is 1. The predicted molar refractivity (Wildman–Crippen MR) is 229 cm³/mol. The number of Topliss-reactive ketones (excluding diaryl/α,β-unsaturated/α-hetero) is 1. The number of cyclic esters (lactones) is 1. The highest BCUT2D eigenvalue weighted by Crippen LogP contribution is 2.41. The van der Waals surface area contributed by atoms with E-state index in [1.807, 2.05) is 83.9 Å². The van der Waals surface area contributed by atoms with E-state index in [-0.39, 0.29) is 43.9 Å². The van der Waals surface area contributed by atoms with Gasteiger partial charge in [0, 0.05) is 40.6 Å². The van der Waals surface area contributed by atoms with Gasteiger partial charge in [-0.15, -0.1) is 11.3 Å². The van der Waals surface area contributed by atoms with Crippen LogP contribution in [0.3, 0.4) is 0 Å². The largest absolute Gasteiger partial charge is 0.459 e. The van der Waals surface area contributed by atoms with Gasteiger partial charge in [-0.05, 0) is 91.2 Å². The van der Waals surface area contributed by atoms with Crippen LogP contribution >= 0.6 is 11.3 Å². The minimum absolute atomic E-state index is 0.152. The first-order valence-corrected chi connectivity index (χ1v) is 22.3. The maximum absolute atomic E-state index is 14.7. The third kappa shape index (κ3) is 9.86. The molecule has 336 valence electrons. The van der Waals surface area contributed by atoms with Gasteiger partial charge in [0.1, 0.15) is 29.4 Å². The van der Waals surface area contributed by atoms with Crippen LogP contribution in [0.1, 0.15) is 92.4 Å². The monoisotopic (exact) mass is 868 g/mol. The number of carbonyl (C=O) groups is 3. The van der Waals surface area contributed by atoms with E-state index < -0.39 is 95.3 Å². The van der Waals surface area contributed by atoms with Crippen molar-refractivity contribution in [3.8, 4) is 10.6 Å². The molecule has 3 saturated heterocycles. The minimum atomic E-state index is -1.84. The van der Waals surface area contributed by atoms with Crippen LogP contribution in [0.25, 0.3) is 10.6 Å². The van der Waals surface area contributed by atoms with E-state index in [2.05, 4.69) is 10.1 Å². The highest BCUT2D eigenvalue weighted by molar-refractivity contribution is 7.15. The SMILES string of the molecule is CC[C@H]1OC(=O)[C@H](C)C(=O)[C@H](C)[C@@H](O[C@@H]2O[C@H](C)C[C@H](N(C)C)[C@H]2O)[C@@]2(C)C[C@@H](C)C3=NC(=O)C([C@@H](C)c4ccc(-c5ccccn5)s4)O/N=C(/CO[C@H]([C@H]3C)[C@]1(C)O)CO2. The summed E-state index contributed by atoms with van der Waals surface area (Å²) < 4.78 is 32.6. The number of aliphatic hydroxyl groups excluding tert-OH is 1. The van der Waals surface area contributed by atoms with Gasteiger partial charge in [0.05, 0.1) is 47.7 Å². The molecule has 61 heavy (non-hydrogen) atoms. The number of esters is 1. The standard InChI is InChI=1S/C45H64N4O11S/c1-12-34-45(9,54)40-26(5)35-23(2)20-44(8,39(27(6)36(50)28(7)42(53)58-34)59-43-37(51)31(49(10)11)19-24(3)57-43)56-22-29(21-55-40)48-60-38(41(52)47-35)25(4)32-16-17-33(61-32)30-15-13-14-18-46-30/h13-18,23-28,31,34,37-40,43,51,54H,12,19-22H2,1-11H3/b47-35?,48-29-/t23-,24-,25+,26+,27+,28-,31+,34-,37-,38?,39-,40-,43+,44-,45-/m1/s1. The van der Waals surface area contributed by atoms with Crippen molar-refractivity contribution < 1.29 is 53.1 Å². The number of ketones is 1. The van der Waals surface area contributed by atoms with Gasteiger partial charge in [-0.3, -0.25) is 19.4 Å². The van der Waals surface area contributed by atoms with E-state index in [9.17, 15) is 24.6 Å². The summed E-state index contributed by atoms with van der Waals surface area (Å²) in [6.45, 7) is 15.4. The summed E-state index contributed by atoms with van der Waals surface area (Å²) in [5.74, 6) is -5.93. The Morgan fingerprint density at radius 3 is 2.44 bits per heavy atom. The first-order chi connectivity index (χ1) is 28.8. The topological polar surface area (TPSA) is 188 Å². The average Bonchev–Trinajstić information content (AvgIpc) is 3.71. The van der Waals surface area contributed by atoms with Crippen LogP contribution in [0.5, 0.6) is 0 Å². The molecule has 2 N–H and O–H groups in total. The van der Waals surface area contributed by atoms with Crippen molar-refractivity contribution in [1.29, 1.82) is 0 Å². The number of aliphatic hydroxyl groups is 2. The molecule has 6 heterocycles. The molecule has 16 heteroatoms. The predicted octanol–water partition coefficient (Wildman–Crippen LogP) is 5.21. The molecule has 0 aromatic carbocycles. The molecule has 0 saturated carbocycles. The van der Waals surface area contributed by atoms with Crippen LogP contribution in [-0.4, -0.2) is 137 Å². The lowest BCUT2D eigenvalue weighted by Gasteiger charge is -2.47. The highest BCUT2D eigenvalue weighted by atomic mass is 32.1. The molecule has 4 aliphatic heterocycles. The summed E-state index contributed by atoms with van der Waals surface area (Å²) in [6, 6.07) is 9.29. The zero-order valence-electron chi connectivity index (χ0n) is 37.3. The molecule has 0 spiro atoms. The van der Waals surface area contributed by atoms with Crippen molar-refractivity contribution in [3.05, 3.63) is 41.4 Å². The van der Waals surface area contributed by atoms with Crippen LogP contribution in [-0.2, 0) is 42.9 Å². The molecule has 0 aliphatic carbocycles. The summed E-state index contributed by atoms with van der Waals surface area (Å²) in [7, 11) is 3.75. The van der Waals surface area contributed by atoms with Crippen LogP contribution in [0, 0.1) is 23.7 Å². The molecule has 0 radical (unpaired) electrons. The average molecular weight is 869 g/mol. The molecule has 1 amide bonds. The van der Waals surface area contributed by atoms with Gasteiger partial charge in [-0.2, -0.15) is 0 Å². The van der Waals surface area contributed by atoms with Crippen molar-refractivity contribution in [2.24, 2.45) is 33.8 Å². The van der Waals surface area contributed by atoms with E-state index >= 15 is 0 Å². The minimum Gasteiger partial charge on any atom is -0.459 e. The zero-order chi connectivity index (χ0) is 44.6. The number of pyridine rings is 1. The van der Waals surface area contributed by atoms with Crippen molar-refractivity contribution in [3.63, 3.8) is 0 Å². The fraction of sp³-hybridized carbons (Fsp3) is 0.689. The Morgan fingerprint density at radius 2 is 1.77 bits per heavy atom. The lowest BCUT2D eigenvalue weighted by atomic mass is 9.73. The summed E-state index contributed by atoms with van der Waals surface area (Å²) in [6.07, 6.45) is -4.42. The summed E-state index contributed by atoms with van der Waals surface area (Å²) >= 11 is 1.50. The molecule has 15 nitrogen and oxygen atoms in total. The van der Waals surface area contributed by atoms with E-state index in [0.29, 0.717) is 12.1 Å². The quantitative estimate of drug-likeness (QED) is 0.273. The first-order valence-electron chi connectivity index (χ1n) is 21.5. The lowest BCUT2D eigenvalue weighted by molar-refractivity contribution is -0.296. The maximum atomic E-state index is 14.7. The van der Waals surface area contributed by atoms with Crippen LogP contribution in [0.2, 0.25) is 0 Å². The molecule has 4 aliphatic rings. The fourth-order valence-corrected chi connectivity index (χ4v) is 10.6. The molecular formula is C45H64N4O11S. The number of aliphatic imine (C=N–C) groups is 1. The Morgan fingerprint density at radius 1 is 1.03 bits per heavy atom. The molecule has 2 aromatic rings. The number of fused-ring (bicyclic) bond motifs is 4. The first kappa shape index (κ1) is 47.0. The molecule has 1 unspecified atom stereocenters. The second-order valence-electron chi connectivity index (χ2n) is 18.1. The number of hydrogen-bond donors (Lipinski definition) is 2. The molecule has 4 bridgehead atoms. The maximum Gasteiger partial charge on any atom is 0.316 e. The second-order valence-corrected chi connectivity index (χ2v) is 19.2. The number of hydrogen-bond acceptors (Lipinski definition) is 15. The molecular weight excluding hydrogens is 805 g/mol. The van der Waals surface area contributed by atoms with E-state index in [0.717, 1.165) is 15.4 Å². The highest BCUT2D eigenvalue weighted by Gasteiger charge is 2.53. The molecule has 2 aromatic heterocycles. The van der Waals surface area contributed by atoms with Gasteiger partial charge in [-0.25, -0.2) is 4.99 Å². The number of amides is 1. The van der Waals surface area contributed by atoms with Gasteiger partial charge < -0.3 is 43.6 Å². The van der Waals surface area contributed by atoms with Gasteiger partial charge in [-0.1, -0.05) is 45.8 Å². The number of thiophene rings is 1. The van der Waals surface area contributed by atoms with Gasteiger partial charge >= 0.3 is 5.97 Å². The Balaban J connectivity index is 1.50. The van der Waals surface area contributed by atoms with Crippen LogP contribution in [0.4, 0.5) is 0 Å². The number of likely N-dealkylation sites (N-methyl/N-ethyl adjacent to an activating group) is 1. The third-order valence-electron chi connectivity index (χ3n) is 13.1. The van der Waals surface area contributed by atoms with Crippen molar-refractivity contribution in [2.75, 3.05) is 27.3 Å². The number of oxime groups is 1. The van der Waals surface area contributed by atoms with Gasteiger partial charge in [0.2, 0.25) is 6.10 Å². The van der Waals surface area contributed by atoms with Crippen molar-refractivity contribution in [2.45, 2.75) is 148 Å². The Hall–Kier alpha value is -3.48. The number of ether oxygens (including phenoxy) is 5. The van der Waals surface area contributed by atoms with E-state index in [1.54, 1.807) is 20.0 Å². The molecule has 6 rings (SSSR count). The second kappa shape index (κ2) is 19.1. The fourth-order valence-electron chi connectivity index (χ4n) is 9.49. The summed E-state index contributed by atoms with van der Waals surface area (Å²) in [5, 5.41) is 28.7. The Labute approximate surface area is 363 Å². The van der Waals surface area contributed by atoms with E-state index in [4.69, 9.17) is 33.5 Å². The summed E-state index contributed by atoms with van der Waals surface area (Å²) in [4.78, 5) is 62.4. The van der Waals surface area contributed by atoms with Gasteiger partial charge in [0.25, 0.3) is 5.91 Å². The lowest BCUT2D eigenvalue weighted by Crippen LogP contribution is -2.60. The Kier molecular flexibility index (Phi) is 14.7. The molecule has 3 fully saturated rings. The van der Waals surface area contributed by atoms with Crippen LogP contribution in [0.15, 0.2) is 46.7 Å². The number of rotatable bonds is 7. The summed E-state index contributed by atoms with van der Waals surface area (Å²) in [5.41, 5.74) is -1.76. The van der Waals surface area contributed by atoms with Gasteiger partial charge in [0.15, 0.2) is 12.1 Å². The van der Waals surface area contributed by atoms with Crippen LogP contribution < -0.4 is 0 Å². The van der Waals surface area contributed by atoms with Crippen molar-refractivity contribution >= 4 is 40.4 Å². The van der Waals surface area contributed by atoms with Crippen molar-refractivity contribution in [1.82, 2.24) is 9.88 Å². The normalized spacial score (nSPS) is 39.5. The third-order valence-corrected chi connectivity index (χ3v) is 14.4.